The Hall–Kier alpha value is -0.480. The average Bonchev–Trinajstić information content (AvgIpc) is 1.89. The van der Waals surface area contributed by atoms with Gasteiger partial charge in [0.2, 0.25) is 0 Å². The molecule has 0 aromatic heterocycles. The summed E-state index contributed by atoms with van der Waals surface area (Å²) in [7, 11) is 0. The molecule has 0 aromatic carbocycles. The molecule has 0 aliphatic carbocycles. The smallest absolute Gasteiger partial charge is 0.0540 e. The highest BCUT2D eigenvalue weighted by Crippen LogP contribution is 2.17. The van der Waals surface area contributed by atoms with Crippen molar-refractivity contribution in [1.29, 1.82) is 0 Å². The van der Waals surface area contributed by atoms with Gasteiger partial charge in [0.15, 0.2) is 0 Å². The zero-order chi connectivity index (χ0) is 8.04. The van der Waals surface area contributed by atoms with E-state index in [-0.39, 0.29) is 12.0 Å². The Morgan fingerprint density at radius 3 is 2.40 bits per heavy atom. The molecule has 58 valence electrons. The molecular formula is C9H16O. The van der Waals surface area contributed by atoms with Crippen LogP contribution in [-0.4, -0.2) is 11.7 Å². The number of aliphatic hydroxyl groups is 1. The van der Waals surface area contributed by atoms with E-state index < -0.39 is 0 Å². The summed E-state index contributed by atoms with van der Waals surface area (Å²) < 4.78 is 0. The van der Waals surface area contributed by atoms with Crippen LogP contribution in [0.5, 0.6) is 0 Å². The van der Waals surface area contributed by atoms with E-state index in [0.29, 0.717) is 6.42 Å². The van der Waals surface area contributed by atoms with Gasteiger partial charge >= 0.3 is 0 Å². The van der Waals surface area contributed by atoms with Crippen molar-refractivity contribution in [2.45, 2.75) is 33.6 Å². The van der Waals surface area contributed by atoms with Crippen molar-refractivity contribution in [3.63, 3.8) is 0 Å². The topological polar surface area (TPSA) is 20.2 Å². The largest absolute Gasteiger partial charge is 0.395 e. The molecule has 0 fully saturated rings. The highest BCUT2D eigenvalue weighted by molar-refractivity contribution is 5.08. The van der Waals surface area contributed by atoms with Gasteiger partial charge in [0.25, 0.3) is 0 Å². The van der Waals surface area contributed by atoms with Crippen molar-refractivity contribution in [3.05, 3.63) is 0 Å². The van der Waals surface area contributed by atoms with Crippen molar-refractivity contribution < 1.29 is 5.11 Å². The van der Waals surface area contributed by atoms with E-state index in [2.05, 4.69) is 32.6 Å². The van der Waals surface area contributed by atoms with Crippen LogP contribution in [0.25, 0.3) is 0 Å². The fourth-order valence-corrected chi connectivity index (χ4v) is 0.446. The summed E-state index contributed by atoms with van der Waals surface area (Å²) in [5.41, 5.74) is 0.120. The first-order valence-corrected chi connectivity index (χ1v) is 3.73. The Bertz CT molecular complexity index is 137. The summed E-state index contributed by atoms with van der Waals surface area (Å²) in [6.45, 7) is 6.51. The van der Waals surface area contributed by atoms with Gasteiger partial charge < -0.3 is 5.11 Å². The maximum absolute atomic E-state index is 8.43. The predicted molar refractivity (Wildman–Crippen MR) is 43.6 cm³/mol. The summed E-state index contributed by atoms with van der Waals surface area (Å²) in [6.07, 6.45) is 1.66. The van der Waals surface area contributed by atoms with Gasteiger partial charge in [-0.25, -0.2) is 0 Å². The third-order valence-corrected chi connectivity index (χ3v) is 1.55. The lowest BCUT2D eigenvalue weighted by Gasteiger charge is -2.12. The van der Waals surface area contributed by atoms with E-state index in [1.165, 1.54) is 0 Å². The van der Waals surface area contributed by atoms with Crippen molar-refractivity contribution in [2.75, 3.05) is 6.61 Å². The minimum absolute atomic E-state index is 0.120. The van der Waals surface area contributed by atoms with Crippen molar-refractivity contribution in [1.82, 2.24) is 0 Å². The van der Waals surface area contributed by atoms with Crippen LogP contribution in [0, 0.1) is 17.3 Å². The third-order valence-electron chi connectivity index (χ3n) is 1.55. The molecule has 0 atom stereocenters. The van der Waals surface area contributed by atoms with E-state index in [0.717, 1.165) is 6.42 Å². The van der Waals surface area contributed by atoms with Crippen LogP contribution in [-0.2, 0) is 0 Å². The molecule has 0 saturated carbocycles. The molecule has 0 bridgehead atoms. The van der Waals surface area contributed by atoms with Gasteiger partial charge in [-0.3, -0.25) is 0 Å². The fraction of sp³-hybridized carbons (Fsp3) is 0.778. The molecule has 1 heteroatoms. The van der Waals surface area contributed by atoms with Gasteiger partial charge in [-0.15, -0.1) is 5.92 Å². The molecule has 0 aliphatic rings. The maximum atomic E-state index is 8.43. The molecule has 10 heavy (non-hydrogen) atoms. The zero-order valence-corrected chi connectivity index (χ0v) is 7.07. The minimum atomic E-state index is 0.120. The number of rotatable bonds is 2. The first-order chi connectivity index (χ1) is 4.62. The SMILES string of the molecule is CCC(C)(C)C#CCCO. The molecule has 0 saturated heterocycles. The van der Waals surface area contributed by atoms with Gasteiger partial charge in [0, 0.05) is 11.8 Å². The number of hydrogen-bond acceptors (Lipinski definition) is 1. The Balaban J connectivity index is 3.77. The van der Waals surface area contributed by atoms with Crippen LogP contribution >= 0.6 is 0 Å². The lowest BCUT2D eigenvalue weighted by atomic mass is 9.91. The second-order valence-corrected chi connectivity index (χ2v) is 3.01. The van der Waals surface area contributed by atoms with E-state index >= 15 is 0 Å². The third kappa shape index (κ3) is 4.40. The van der Waals surface area contributed by atoms with Crippen LogP contribution in [0.15, 0.2) is 0 Å². The zero-order valence-electron chi connectivity index (χ0n) is 7.07. The summed E-state index contributed by atoms with van der Waals surface area (Å²) in [6, 6.07) is 0. The second kappa shape index (κ2) is 4.35. The molecule has 0 heterocycles. The normalized spacial score (nSPS) is 10.4. The minimum Gasteiger partial charge on any atom is -0.395 e. The maximum Gasteiger partial charge on any atom is 0.0540 e. The molecule has 0 radical (unpaired) electrons. The van der Waals surface area contributed by atoms with E-state index in [4.69, 9.17) is 5.11 Å². The van der Waals surface area contributed by atoms with Crippen LogP contribution in [0.1, 0.15) is 33.6 Å². The van der Waals surface area contributed by atoms with Gasteiger partial charge in [-0.1, -0.05) is 12.8 Å². The first-order valence-electron chi connectivity index (χ1n) is 3.73. The molecule has 0 aliphatic heterocycles. The summed E-state index contributed by atoms with van der Waals surface area (Å²) in [5, 5.41) is 8.43. The second-order valence-electron chi connectivity index (χ2n) is 3.01. The summed E-state index contributed by atoms with van der Waals surface area (Å²) >= 11 is 0. The van der Waals surface area contributed by atoms with Gasteiger partial charge in [0.05, 0.1) is 6.61 Å². The average molecular weight is 140 g/mol. The highest BCUT2D eigenvalue weighted by atomic mass is 16.2. The quantitative estimate of drug-likeness (QED) is 0.580. The standard InChI is InChI=1S/C9H16O/c1-4-9(2,3)7-5-6-8-10/h10H,4,6,8H2,1-3H3. The van der Waals surface area contributed by atoms with Crippen LogP contribution < -0.4 is 0 Å². The van der Waals surface area contributed by atoms with Gasteiger partial charge in [0.1, 0.15) is 0 Å². The molecule has 0 aromatic rings. The van der Waals surface area contributed by atoms with Crippen LogP contribution in [0.4, 0.5) is 0 Å². The number of aliphatic hydroxyl groups excluding tert-OH is 1. The van der Waals surface area contributed by atoms with Crippen LogP contribution in [0.3, 0.4) is 0 Å². The lowest BCUT2D eigenvalue weighted by Crippen LogP contribution is -2.04. The van der Waals surface area contributed by atoms with E-state index in [1.807, 2.05) is 0 Å². The molecular weight excluding hydrogens is 124 g/mol. The highest BCUT2D eigenvalue weighted by Gasteiger charge is 2.08. The Kier molecular flexibility index (Phi) is 4.14. The molecule has 1 N–H and O–H groups in total. The Morgan fingerprint density at radius 1 is 1.40 bits per heavy atom. The summed E-state index contributed by atoms with van der Waals surface area (Å²) in [5.74, 6) is 6.03. The predicted octanol–water partition coefficient (Wildman–Crippen LogP) is 1.81. The molecule has 0 amide bonds. The molecule has 0 unspecified atom stereocenters. The number of hydrogen-bond donors (Lipinski definition) is 1. The Labute approximate surface area is 63.5 Å². The molecule has 0 rings (SSSR count). The first kappa shape index (κ1) is 9.52. The fourth-order valence-electron chi connectivity index (χ4n) is 0.446. The molecule has 1 nitrogen and oxygen atoms in total. The molecule has 0 spiro atoms. The van der Waals surface area contributed by atoms with Crippen molar-refractivity contribution in [2.24, 2.45) is 5.41 Å². The summed E-state index contributed by atoms with van der Waals surface area (Å²) in [4.78, 5) is 0. The monoisotopic (exact) mass is 140 g/mol. The van der Waals surface area contributed by atoms with Crippen molar-refractivity contribution >= 4 is 0 Å². The lowest BCUT2D eigenvalue weighted by molar-refractivity contribution is 0.305. The van der Waals surface area contributed by atoms with Crippen molar-refractivity contribution in [3.8, 4) is 11.8 Å². The van der Waals surface area contributed by atoms with Gasteiger partial charge in [-0.05, 0) is 20.3 Å². The van der Waals surface area contributed by atoms with E-state index in [1.54, 1.807) is 0 Å². The van der Waals surface area contributed by atoms with E-state index in [9.17, 15) is 0 Å². The van der Waals surface area contributed by atoms with Gasteiger partial charge in [-0.2, -0.15) is 0 Å². The van der Waals surface area contributed by atoms with Crippen LogP contribution in [0.2, 0.25) is 0 Å². The Morgan fingerprint density at radius 2 is 2.00 bits per heavy atom.